The Morgan fingerprint density at radius 1 is 1.17 bits per heavy atom. The third-order valence-corrected chi connectivity index (χ3v) is 7.31. The average Bonchev–Trinajstić information content (AvgIpc) is 2.72. The van der Waals surface area contributed by atoms with Gasteiger partial charge in [0.15, 0.2) is 0 Å². The Morgan fingerprint density at radius 2 is 1.93 bits per heavy atom. The van der Waals surface area contributed by atoms with Gasteiger partial charge in [0.05, 0.1) is 5.52 Å². The van der Waals surface area contributed by atoms with Crippen LogP contribution in [0.1, 0.15) is 31.2 Å². The zero-order chi connectivity index (χ0) is 21.0. The van der Waals surface area contributed by atoms with Crippen molar-refractivity contribution in [1.82, 2.24) is 14.4 Å². The highest BCUT2D eigenvalue weighted by Gasteiger charge is 2.51. The van der Waals surface area contributed by atoms with Crippen LogP contribution in [-0.2, 0) is 23.2 Å². The van der Waals surface area contributed by atoms with Crippen LogP contribution in [0.4, 0.5) is 0 Å². The van der Waals surface area contributed by atoms with Crippen LogP contribution in [0.2, 0.25) is 0 Å². The third-order valence-electron chi connectivity index (χ3n) is 7.31. The average molecular weight is 409 g/mol. The molecule has 3 saturated heterocycles. The van der Waals surface area contributed by atoms with E-state index in [0.29, 0.717) is 25.4 Å². The van der Waals surface area contributed by atoms with Crippen molar-refractivity contribution in [2.75, 3.05) is 13.1 Å². The fourth-order valence-corrected chi connectivity index (χ4v) is 6.09. The van der Waals surface area contributed by atoms with E-state index in [2.05, 4.69) is 4.90 Å². The first-order valence-corrected chi connectivity index (χ1v) is 10.8. The number of fused-ring (bicyclic) bond motifs is 5. The van der Waals surface area contributed by atoms with Gasteiger partial charge in [0.25, 0.3) is 5.56 Å². The smallest absolute Gasteiger partial charge is 0.255 e. The number of benzene rings is 1. The highest BCUT2D eigenvalue weighted by atomic mass is 16.2. The highest BCUT2D eigenvalue weighted by Crippen LogP contribution is 2.41. The predicted octanol–water partition coefficient (Wildman–Crippen LogP) is 1.23. The molecule has 2 amide bonds. The van der Waals surface area contributed by atoms with E-state index in [9.17, 15) is 14.4 Å². The minimum atomic E-state index is -0.527. The summed E-state index contributed by atoms with van der Waals surface area (Å²) in [5, 5.41) is 1.05. The number of aromatic nitrogens is 1. The van der Waals surface area contributed by atoms with Crippen molar-refractivity contribution in [3.8, 4) is 0 Å². The molecule has 2 N–H and O–H groups in total. The Morgan fingerprint density at radius 3 is 2.73 bits per heavy atom. The summed E-state index contributed by atoms with van der Waals surface area (Å²) in [7, 11) is 1.81. The molecule has 0 radical (unpaired) electrons. The molecule has 158 valence electrons. The van der Waals surface area contributed by atoms with Gasteiger partial charge in [0, 0.05) is 50.6 Å². The molecular weight excluding hydrogens is 380 g/mol. The van der Waals surface area contributed by atoms with Crippen molar-refractivity contribution in [2.24, 2.45) is 24.6 Å². The van der Waals surface area contributed by atoms with Gasteiger partial charge >= 0.3 is 0 Å². The second kappa shape index (κ2) is 7.23. The largest absolute Gasteiger partial charge is 0.368 e. The Kier molecular flexibility index (Phi) is 4.65. The topological polar surface area (TPSA) is 88.6 Å². The van der Waals surface area contributed by atoms with Gasteiger partial charge in [-0.3, -0.25) is 19.3 Å². The van der Waals surface area contributed by atoms with Gasteiger partial charge in [-0.25, -0.2) is 0 Å². The minimum Gasteiger partial charge on any atom is -0.368 e. The van der Waals surface area contributed by atoms with Crippen LogP contribution >= 0.6 is 0 Å². The maximum absolute atomic E-state index is 13.0. The summed E-state index contributed by atoms with van der Waals surface area (Å²) in [6.45, 7) is 2.07. The standard InChI is InChI=1S/C23H28N4O3/c1-25-18-6-3-2-5-14(18)9-17(23(25)30)13-26-11-15-10-16(12-26)21(22(24)29)27-19(15)7-4-8-20(27)28/h2-3,5-6,9,15-16,19,21H,4,7-8,10-13H2,1H3,(H2,24,29)/t15-,16+,19-,21+/m0/s1. The zero-order valence-electron chi connectivity index (χ0n) is 17.3. The molecule has 1 aromatic heterocycles. The normalized spacial score (nSPS) is 29.1. The number of primary amides is 1. The molecule has 0 unspecified atom stereocenters. The molecule has 5 rings (SSSR count). The summed E-state index contributed by atoms with van der Waals surface area (Å²) in [5.41, 5.74) is 7.48. The summed E-state index contributed by atoms with van der Waals surface area (Å²) in [4.78, 5) is 42.0. The maximum atomic E-state index is 13.0. The summed E-state index contributed by atoms with van der Waals surface area (Å²) in [6.07, 6.45) is 3.24. The lowest BCUT2D eigenvalue weighted by molar-refractivity contribution is -0.159. The van der Waals surface area contributed by atoms with Crippen LogP contribution in [0.15, 0.2) is 35.1 Å². The summed E-state index contributed by atoms with van der Waals surface area (Å²) < 4.78 is 1.71. The summed E-state index contributed by atoms with van der Waals surface area (Å²) in [6, 6.07) is 9.45. The number of para-hydroxylation sites is 1. The van der Waals surface area contributed by atoms with E-state index in [-0.39, 0.29) is 23.4 Å². The van der Waals surface area contributed by atoms with E-state index >= 15 is 0 Å². The van der Waals surface area contributed by atoms with Gasteiger partial charge in [0.2, 0.25) is 11.8 Å². The number of rotatable bonds is 3. The van der Waals surface area contributed by atoms with Crippen molar-refractivity contribution in [2.45, 2.75) is 44.3 Å². The van der Waals surface area contributed by atoms with Crippen LogP contribution in [0, 0.1) is 11.8 Å². The number of amides is 2. The predicted molar refractivity (Wildman–Crippen MR) is 114 cm³/mol. The number of hydrogen-bond donors (Lipinski definition) is 1. The second-order valence-corrected chi connectivity index (χ2v) is 9.15. The number of pyridine rings is 1. The van der Waals surface area contributed by atoms with Crippen LogP contribution in [0.3, 0.4) is 0 Å². The van der Waals surface area contributed by atoms with Crippen molar-refractivity contribution in [1.29, 1.82) is 0 Å². The fraction of sp³-hybridized carbons (Fsp3) is 0.522. The molecule has 3 aliphatic heterocycles. The first kappa shape index (κ1) is 19.3. The third kappa shape index (κ3) is 3.03. The molecule has 30 heavy (non-hydrogen) atoms. The quantitative estimate of drug-likeness (QED) is 0.827. The number of aryl methyl sites for hydroxylation is 1. The molecule has 7 nitrogen and oxygen atoms in total. The minimum absolute atomic E-state index is 0.0188. The lowest BCUT2D eigenvalue weighted by atomic mass is 9.72. The van der Waals surface area contributed by atoms with Crippen molar-refractivity contribution in [3.05, 3.63) is 46.2 Å². The van der Waals surface area contributed by atoms with E-state index in [4.69, 9.17) is 5.73 Å². The molecule has 2 bridgehead atoms. The van der Waals surface area contributed by atoms with E-state index in [1.165, 1.54) is 0 Å². The molecule has 7 heteroatoms. The van der Waals surface area contributed by atoms with E-state index < -0.39 is 11.9 Å². The summed E-state index contributed by atoms with van der Waals surface area (Å²) in [5.74, 6) is 0.0283. The highest BCUT2D eigenvalue weighted by molar-refractivity contribution is 5.88. The van der Waals surface area contributed by atoms with Gasteiger partial charge in [-0.2, -0.15) is 0 Å². The molecule has 0 spiro atoms. The van der Waals surface area contributed by atoms with Crippen LogP contribution in [0.5, 0.6) is 0 Å². The molecular formula is C23H28N4O3. The number of carbonyl (C=O) groups is 2. The molecule has 2 aromatic rings. The number of nitrogens with two attached hydrogens (primary N) is 1. The molecule has 0 saturated carbocycles. The van der Waals surface area contributed by atoms with Crippen molar-refractivity contribution < 1.29 is 9.59 Å². The van der Waals surface area contributed by atoms with Crippen molar-refractivity contribution >= 4 is 22.7 Å². The Bertz CT molecular complexity index is 1080. The summed E-state index contributed by atoms with van der Waals surface area (Å²) >= 11 is 0. The van der Waals surface area contributed by atoms with Crippen molar-refractivity contribution in [3.63, 3.8) is 0 Å². The Labute approximate surface area is 175 Å². The fourth-order valence-electron chi connectivity index (χ4n) is 6.09. The van der Waals surface area contributed by atoms with Crippen LogP contribution < -0.4 is 11.3 Å². The lowest BCUT2D eigenvalue weighted by Gasteiger charge is -2.55. The molecule has 3 aliphatic rings. The van der Waals surface area contributed by atoms with E-state index in [1.807, 2.05) is 42.3 Å². The molecule has 1 aromatic carbocycles. The number of hydrogen-bond acceptors (Lipinski definition) is 4. The molecule has 0 aliphatic carbocycles. The van der Waals surface area contributed by atoms with Gasteiger partial charge in [-0.1, -0.05) is 18.2 Å². The zero-order valence-corrected chi connectivity index (χ0v) is 17.3. The van der Waals surface area contributed by atoms with E-state index in [0.717, 1.165) is 42.3 Å². The lowest BCUT2D eigenvalue weighted by Crippen LogP contribution is -2.67. The Hall–Kier alpha value is -2.67. The van der Waals surface area contributed by atoms with Gasteiger partial charge in [-0.15, -0.1) is 0 Å². The number of piperidine rings is 3. The molecule has 4 atom stereocenters. The number of nitrogens with zero attached hydrogens (tertiary/aromatic N) is 3. The number of likely N-dealkylation sites (tertiary alicyclic amines) is 1. The maximum Gasteiger partial charge on any atom is 0.255 e. The number of carbonyl (C=O) groups excluding carboxylic acids is 2. The SMILES string of the molecule is Cn1c(=O)c(CN2C[C@@H]3C[C@H](C2)[C@H](C(N)=O)N2C(=O)CCC[C@@H]32)cc2ccccc21. The molecule has 3 fully saturated rings. The molecule has 4 heterocycles. The Balaban J connectivity index is 1.45. The first-order valence-electron chi connectivity index (χ1n) is 10.8. The van der Waals surface area contributed by atoms with E-state index in [1.54, 1.807) is 4.57 Å². The van der Waals surface area contributed by atoms with Gasteiger partial charge in [-0.05, 0) is 42.7 Å². The van der Waals surface area contributed by atoms with Gasteiger partial charge < -0.3 is 15.2 Å². The second-order valence-electron chi connectivity index (χ2n) is 9.15. The van der Waals surface area contributed by atoms with Crippen LogP contribution in [0.25, 0.3) is 10.9 Å². The first-order chi connectivity index (χ1) is 14.4. The monoisotopic (exact) mass is 408 g/mol. The van der Waals surface area contributed by atoms with Crippen LogP contribution in [-0.4, -0.2) is 51.4 Å². The van der Waals surface area contributed by atoms with Gasteiger partial charge in [0.1, 0.15) is 6.04 Å².